The van der Waals surface area contributed by atoms with Crippen LogP contribution < -0.4 is 4.57 Å². The number of benzene rings is 2. The highest BCUT2D eigenvalue weighted by Crippen LogP contribution is 2.41. The van der Waals surface area contributed by atoms with Crippen LogP contribution in [0.5, 0.6) is 0 Å². The number of unbranched alkanes of at least 4 members (excludes halogenated alkanes) is 6. The molecule has 0 amide bonds. The SMILES string of the molecule is CCCCCCC[n+]1ccn(C(CCCCC)C(C)(Cc2ccccc2)c2ccccc2)c1. The van der Waals surface area contributed by atoms with Crippen molar-refractivity contribution in [1.82, 2.24) is 4.57 Å². The third-order valence-electron chi connectivity index (χ3n) is 7.26. The van der Waals surface area contributed by atoms with Crippen LogP contribution in [-0.2, 0) is 18.4 Å². The lowest BCUT2D eigenvalue weighted by atomic mass is 9.70. The standard InChI is InChI=1S/C31H45N2/c1-4-6-8-9-17-23-32-24-25-33(27-32)30(22-12-7-5-2)31(3,29-20-15-11-16-21-29)26-28-18-13-10-14-19-28/h10-11,13-16,18-21,24-25,27,30H,4-9,12,17,22-23,26H2,1-3H3/q+1. The summed E-state index contributed by atoms with van der Waals surface area (Å²) in [5, 5.41) is 0. The molecule has 0 fully saturated rings. The maximum Gasteiger partial charge on any atom is 0.244 e. The van der Waals surface area contributed by atoms with E-state index in [1.54, 1.807) is 0 Å². The first-order chi connectivity index (χ1) is 16.2. The molecule has 3 rings (SSSR count). The molecular weight excluding hydrogens is 400 g/mol. The van der Waals surface area contributed by atoms with E-state index < -0.39 is 0 Å². The first-order valence-corrected chi connectivity index (χ1v) is 13.3. The fourth-order valence-electron chi connectivity index (χ4n) is 5.26. The maximum atomic E-state index is 2.53. The van der Waals surface area contributed by atoms with Crippen LogP contribution in [0.15, 0.2) is 79.4 Å². The molecule has 1 aromatic heterocycles. The minimum absolute atomic E-state index is 0.0222. The summed E-state index contributed by atoms with van der Waals surface area (Å²) in [5.74, 6) is 0. The summed E-state index contributed by atoms with van der Waals surface area (Å²) in [5.41, 5.74) is 2.88. The molecule has 2 atom stereocenters. The Morgan fingerprint density at radius 2 is 1.42 bits per heavy atom. The number of aryl methyl sites for hydroxylation is 1. The van der Waals surface area contributed by atoms with E-state index in [1.165, 1.54) is 68.9 Å². The van der Waals surface area contributed by atoms with Crippen molar-refractivity contribution >= 4 is 0 Å². The lowest BCUT2D eigenvalue weighted by Crippen LogP contribution is -2.38. The van der Waals surface area contributed by atoms with Gasteiger partial charge in [-0.2, -0.15) is 0 Å². The lowest BCUT2D eigenvalue weighted by molar-refractivity contribution is -0.697. The molecule has 0 aliphatic rings. The van der Waals surface area contributed by atoms with Gasteiger partial charge in [-0.3, -0.25) is 0 Å². The third kappa shape index (κ3) is 7.32. The summed E-state index contributed by atoms with van der Waals surface area (Å²) < 4.78 is 4.93. The largest absolute Gasteiger partial charge is 0.244 e. The molecular formula is C31H45N2+. The van der Waals surface area contributed by atoms with Crippen molar-refractivity contribution in [2.24, 2.45) is 0 Å². The van der Waals surface area contributed by atoms with Gasteiger partial charge in [-0.1, -0.05) is 114 Å². The van der Waals surface area contributed by atoms with Crippen LogP contribution in [0.3, 0.4) is 0 Å². The topological polar surface area (TPSA) is 8.81 Å². The Morgan fingerprint density at radius 3 is 2.12 bits per heavy atom. The predicted molar refractivity (Wildman–Crippen MR) is 141 cm³/mol. The lowest BCUT2D eigenvalue weighted by Gasteiger charge is -2.37. The van der Waals surface area contributed by atoms with Gasteiger partial charge in [0.1, 0.15) is 18.4 Å². The molecule has 0 aliphatic carbocycles. The van der Waals surface area contributed by atoms with E-state index in [-0.39, 0.29) is 5.41 Å². The van der Waals surface area contributed by atoms with Crippen molar-refractivity contribution in [1.29, 1.82) is 0 Å². The quantitative estimate of drug-likeness (QED) is 0.165. The van der Waals surface area contributed by atoms with Gasteiger partial charge in [-0.25, -0.2) is 9.13 Å². The van der Waals surface area contributed by atoms with Gasteiger partial charge in [0, 0.05) is 5.41 Å². The highest BCUT2D eigenvalue weighted by Gasteiger charge is 2.40. The molecule has 2 heteroatoms. The zero-order chi connectivity index (χ0) is 23.4. The second-order valence-corrected chi connectivity index (χ2v) is 9.97. The Balaban J connectivity index is 1.88. The molecule has 0 radical (unpaired) electrons. The Hall–Kier alpha value is -2.35. The van der Waals surface area contributed by atoms with Crippen molar-refractivity contribution in [2.75, 3.05) is 0 Å². The Labute approximate surface area is 202 Å². The highest BCUT2D eigenvalue weighted by molar-refractivity contribution is 5.30. The maximum absolute atomic E-state index is 2.53. The number of hydrogen-bond acceptors (Lipinski definition) is 0. The molecule has 33 heavy (non-hydrogen) atoms. The second kappa shape index (κ2) is 13.4. The molecule has 0 saturated carbocycles. The van der Waals surface area contributed by atoms with Gasteiger partial charge in [0.05, 0.1) is 6.54 Å². The average molecular weight is 446 g/mol. The van der Waals surface area contributed by atoms with Crippen LogP contribution in [-0.4, -0.2) is 4.57 Å². The van der Waals surface area contributed by atoms with Gasteiger partial charge in [0.15, 0.2) is 0 Å². The molecule has 1 heterocycles. The van der Waals surface area contributed by atoms with Gasteiger partial charge in [-0.05, 0) is 43.2 Å². The van der Waals surface area contributed by atoms with Crippen LogP contribution in [0.4, 0.5) is 0 Å². The van der Waals surface area contributed by atoms with Crippen molar-refractivity contribution in [3.05, 3.63) is 90.5 Å². The third-order valence-corrected chi connectivity index (χ3v) is 7.26. The summed E-state index contributed by atoms with van der Waals surface area (Å²) in [6.45, 7) is 8.20. The second-order valence-electron chi connectivity index (χ2n) is 9.97. The summed E-state index contributed by atoms with van der Waals surface area (Å²) in [6, 6.07) is 22.7. The molecule has 3 aromatic rings. The zero-order valence-electron chi connectivity index (χ0n) is 21.3. The molecule has 178 valence electrons. The van der Waals surface area contributed by atoms with Gasteiger partial charge < -0.3 is 0 Å². The van der Waals surface area contributed by atoms with Gasteiger partial charge in [0.2, 0.25) is 6.33 Å². The molecule has 2 aromatic carbocycles. The number of imidazole rings is 1. The fourth-order valence-corrected chi connectivity index (χ4v) is 5.26. The van der Waals surface area contributed by atoms with E-state index in [0.29, 0.717) is 6.04 Å². The molecule has 0 aliphatic heterocycles. The minimum atomic E-state index is 0.0222. The van der Waals surface area contributed by atoms with Crippen LogP contribution >= 0.6 is 0 Å². The zero-order valence-corrected chi connectivity index (χ0v) is 21.3. The van der Waals surface area contributed by atoms with E-state index in [1.807, 2.05) is 0 Å². The van der Waals surface area contributed by atoms with Crippen LogP contribution in [0.1, 0.15) is 95.7 Å². The Bertz CT molecular complexity index is 899. The molecule has 0 bridgehead atoms. The van der Waals surface area contributed by atoms with Crippen molar-refractivity contribution < 1.29 is 4.57 Å². The van der Waals surface area contributed by atoms with Crippen LogP contribution in [0, 0.1) is 0 Å². The highest BCUT2D eigenvalue weighted by atomic mass is 15.1. The van der Waals surface area contributed by atoms with Crippen molar-refractivity contribution in [2.45, 2.75) is 103 Å². The number of rotatable bonds is 15. The van der Waals surface area contributed by atoms with Gasteiger partial charge in [-0.15, -0.1) is 0 Å². The normalized spacial score (nSPS) is 14.2. The van der Waals surface area contributed by atoms with Crippen molar-refractivity contribution in [3.63, 3.8) is 0 Å². The summed E-state index contributed by atoms with van der Waals surface area (Å²) >= 11 is 0. The predicted octanol–water partition coefficient (Wildman–Crippen LogP) is 8.07. The van der Waals surface area contributed by atoms with Gasteiger partial charge >= 0.3 is 0 Å². The summed E-state index contributed by atoms with van der Waals surface area (Å²) in [6.07, 6.45) is 19.7. The fraction of sp³-hybridized carbons (Fsp3) is 0.516. The molecule has 0 N–H and O–H groups in total. The summed E-state index contributed by atoms with van der Waals surface area (Å²) in [4.78, 5) is 0. The number of hydrogen-bond donors (Lipinski definition) is 0. The van der Waals surface area contributed by atoms with E-state index >= 15 is 0 Å². The smallest absolute Gasteiger partial charge is 0.237 e. The molecule has 0 spiro atoms. The van der Waals surface area contributed by atoms with Crippen molar-refractivity contribution in [3.8, 4) is 0 Å². The van der Waals surface area contributed by atoms with E-state index in [0.717, 1.165) is 13.0 Å². The molecule has 2 unspecified atom stereocenters. The monoisotopic (exact) mass is 445 g/mol. The Morgan fingerprint density at radius 1 is 0.788 bits per heavy atom. The van der Waals surface area contributed by atoms with Crippen LogP contribution in [0.25, 0.3) is 0 Å². The van der Waals surface area contributed by atoms with E-state index in [4.69, 9.17) is 0 Å². The summed E-state index contributed by atoms with van der Waals surface area (Å²) in [7, 11) is 0. The minimum Gasteiger partial charge on any atom is -0.237 e. The average Bonchev–Trinajstić information content (AvgIpc) is 3.31. The number of nitrogens with zero attached hydrogens (tertiary/aromatic N) is 2. The molecule has 0 saturated heterocycles. The van der Waals surface area contributed by atoms with E-state index in [2.05, 4.69) is 109 Å². The Kier molecular flexibility index (Phi) is 10.2. The van der Waals surface area contributed by atoms with Crippen LogP contribution in [0.2, 0.25) is 0 Å². The first kappa shape index (κ1) is 25.3. The first-order valence-electron chi connectivity index (χ1n) is 13.3. The van der Waals surface area contributed by atoms with Gasteiger partial charge in [0.25, 0.3) is 0 Å². The van der Waals surface area contributed by atoms with E-state index in [9.17, 15) is 0 Å². The number of aromatic nitrogens is 2. The molecule has 2 nitrogen and oxygen atoms in total.